The molecule has 0 bridgehead atoms. The smallest absolute Gasteiger partial charge is 0.124 e. The van der Waals surface area contributed by atoms with Gasteiger partial charge in [0.15, 0.2) is 0 Å². The Morgan fingerprint density at radius 2 is 1.72 bits per heavy atom. The van der Waals surface area contributed by atoms with Crippen LogP contribution in [0, 0.1) is 6.92 Å². The summed E-state index contributed by atoms with van der Waals surface area (Å²) >= 11 is 0. The summed E-state index contributed by atoms with van der Waals surface area (Å²) in [4.78, 5) is 2.44. The van der Waals surface area contributed by atoms with E-state index in [9.17, 15) is 0 Å². The predicted molar refractivity (Wildman–Crippen MR) is 101 cm³/mol. The second-order valence-corrected chi connectivity index (χ2v) is 6.45. The Hall–Kier alpha value is -1.88. The van der Waals surface area contributed by atoms with Crippen molar-refractivity contribution in [3.8, 4) is 5.75 Å². The minimum atomic E-state index is 0.609. The molecule has 1 aliphatic heterocycles. The maximum absolute atomic E-state index is 6.08. The molecule has 0 aliphatic carbocycles. The first-order valence-electron chi connectivity index (χ1n) is 9.09. The van der Waals surface area contributed by atoms with E-state index in [1.165, 1.54) is 16.7 Å². The molecule has 1 N–H and O–H groups in total. The molecule has 134 valence electrons. The van der Waals surface area contributed by atoms with Crippen LogP contribution in [0.2, 0.25) is 0 Å². The summed E-state index contributed by atoms with van der Waals surface area (Å²) in [7, 11) is 0. The number of para-hydroxylation sites is 1. The highest BCUT2D eigenvalue weighted by Crippen LogP contribution is 2.20. The molecule has 0 aromatic heterocycles. The lowest BCUT2D eigenvalue weighted by molar-refractivity contribution is 0.0384. The Morgan fingerprint density at radius 3 is 2.52 bits per heavy atom. The van der Waals surface area contributed by atoms with Crippen LogP contribution >= 0.6 is 0 Å². The third-order valence-electron chi connectivity index (χ3n) is 4.64. The van der Waals surface area contributed by atoms with Crippen molar-refractivity contribution in [2.24, 2.45) is 0 Å². The summed E-state index contributed by atoms with van der Waals surface area (Å²) in [6.07, 6.45) is 0. The fourth-order valence-electron chi connectivity index (χ4n) is 3.00. The Labute approximate surface area is 150 Å². The minimum absolute atomic E-state index is 0.609. The molecule has 1 aliphatic rings. The van der Waals surface area contributed by atoms with Gasteiger partial charge in [-0.1, -0.05) is 42.5 Å². The zero-order valence-corrected chi connectivity index (χ0v) is 15.0. The van der Waals surface area contributed by atoms with Crippen molar-refractivity contribution in [1.29, 1.82) is 0 Å². The van der Waals surface area contributed by atoms with Crippen molar-refractivity contribution in [2.45, 2.75) is 20.1 Å². The first-order chi connectivity index (χ1) is 12.3. The average Bonchev–Trinajstić information content (AvgIpc) is 2.66. The van der Waals surface area contributed by atoms with Crippen LogP contribution in [-0.4, -0.2) is 44.3 Å². The molecular weight excluding hydrogens is 312 g/mol. The number of morpholine rings is 1. The summed E-state index contributed by atoms with van der Waals surface area (Å²) in [6.45, 7) is 9.39. The molecule has 3 rings (SSSR count). The van der Waals surface area contributed by atoms with Crippen molar-refractivity contribution in [3.05, 3.63) is 65.2 Å². The Bertz CT molecular complexity index is 654. The highest BCUT2D eigenvalue weighted by molar-refractivity contribution is 5.34. The number of nitrogens with zero attached hydrogens (tertiary/aromatic N) is 1. The molecule has 1 fully saturated rings. The highest BCUT2D eigenvalue weighted by Gasteiger charge is 2.09. The number of hydrogen-bond donors (Lipinski definition) is 1. The number of nitrogens with one attached hydrogen (secondary N) is 1. The molecule has 2 aromatic carbocycles. The molecule has 4 nitrogen and oxygen atoms in total. The van der Waals surface area contributed by atoms with Crippen LogP contribution in [0.1, 0.15) is 16.7 Å². The van der Waals surface area contributed by atoms with Gasteiger partial charge in [0.2, 0.25) is 0 Å². The maximum Gasteiger partial charge on any atom is 0.124 e. The standard InChI is InChI=1S/C21H28N2O2/c1-18-6-2-3-8-20(18)17-25-21-9-5-4-7-19(21)16-22-10-11-23-12-14-24-15-13-23/h2-9,22H,10-17H2,1H3. The van der Waals surface area contributed by atoms with E-state index in [1.54, 1.807) is 0 Å². The third-order valence-corrected chi connectivity index (χ3v) is 4.64. The highest BCUT2D eigenvalue weighted by atomic mass is 16.5. The maximum atomic E-state index is 6.08. The largest absolute Gasteiger partial charge is 0.489 e. The van der Waals surface area contributed by atoms with Gasteiger partial charge in [-0.05, 0) is 24.1 Å². The van der Waals surface area contributed by atoms with Crippen molar-refractivity contribution in [3.63, 3.8) is 0 Å². The van der Waals surface area contributed by atoms with Crippen molar-refractivity contribution < 1.29 is 9.47 Å². The zero-order valence-electron chi connectivity index (χ0n) is 15.0. The number of hydrogen-bond acceptors (Lipinski definition) is 4. The summed E-state index contributed by atoms with van der Waals surface area (Å²) in [5.41, 5.74) is 3.71. The summed E-state index contributed by atoms with van der Waals surface area (Å²) in [5, 5.41) is 3.54. The lowest BCUT2D eigenvalue weighted by Gasteiger charge is -2.26. The molecule has 0 spiro atoms. The molecule has 0 unspecified atom stereocenters. The van der Waals surface area contributed by atoms with E-state index in [-0.39, 0.29) is 0 Å². The molecule has 2 aromatic rings. The summed E-state index contributed by atoms with van der Waals surface area (Å²) in [6, 6.07) is 16.7. The summed E-state index contributed by atoms with van der Waals surface area (Å²) < 4.78 is 11.5. The number of ether oxygens (including phenoxy) is 2. The molecule has 0 saturated carbocycles. The van der Waals surface area contributed by atoms with Crippen molar-refractivity contribution in [1.82, 2.24) is 10.2 Å². The Morgan fingerprint density at radius 1 is 1.00 bits per heavy atom. The van der Waals surface area contributed by atoms with Crippen LogP contribution in [0.5, 0.6) is 5.75 Å². The molecule has 1 saturated heterocycles. The van der Waals surface area contributed by atoms with E-state index in [0.29, 0.717) is 6.61 Å². The van der Waals surface area contributed by atoms with Gasteiger partial charge in [-0.15, -0.1) is 0 Å². The van der Waals surface area contributed by atoms with E-state index in [0.717, 1.165) is 51.7 Å². The zero-order chi connectivity index (χ0) is 17.3. The van der Waals surface area contributed by atoms with Crippen LogP contribution < -0.4 is 10.1 Å². The van der Waals surface area contributed by atoms with Crippen LogP contribution in [0.25, 0.3) is 0 Å². The van der Waals surface area contributed by atoms with Gasteiger partial charge in [0.05, 0.1) is 13.2 Å². The number of aryl methyl sites for hydroxylation is 1. The Kier molecular flexibility index (Phi) is 6.86. The van der Waals surface area contributed by atoms with Crippen LogP contribution in [-0.2, 0) is 17.9 Å². The fraction of sp³-hybridized carbons (Fsp3) is 0.429. The van der Waals surface area contributed by atoms with Gasteiger partial charge in [-0.2, -0.15) is 0 Å². The second kappa shape index (κ2) is 9.56. The van der Waals surface area contributed by atoms with Crippen LogP contribution in [0.3, 0.4) is 0 Å². The second-order valence-electron chi connectivity index (χ2n) is 6.45. The lowest BCUT2D eigenvalue weighted by Crippen LogP contribution is -2.40. The number of rotatable bonds is 8. The van der Waals surface area contributed by atoms with Gasteiger partial charge in [0.1, 0.15) is 12.4 Å². The topological polar surface area (TPSA) is 33.7 Å². The first-order valence-corrected chi connectivity index (χ1v) is 9.09. The quantitative estimate of drug-likeness (QED) is 0.749. The van der Waals surface area contributed by atoms with Gasteiger partial charge in [-0.3, -0.25) is 4.90 Å². The van der Waals surface area contributed by atoms with E-state index in [2.05, 4.69) is 59.6 Å². The molecule has 0 amide bonds. The van der Waals surface area contributed by atoms with Crippen LogP contribution in [0.4, 0.5) is 0 Å². The monoisotopic (exact) mass is 340 g/mol. The van der Waals surface area contributed by atoms with E-state index >= 15 is 0 Å². The SMILES string of the molecule is Cc1ccccc1COc1ccccc1CNCCN1CCOCC1. The predicted octanol–water partition coefficient (Wildman–Crippen LogP) is 3.00. The minimum Gasteiger partial charge on any atom is -0.489 e. The average molecular weight is 340 g/mol. The van der Waals surface area contributed by atoms with Gasteiger partial charge in [0.25, 0.3) is 0 Å². The van der Waals surface area contributed by atoms with Gasteiger partial charge in [0, 0.05) is 38.3 Å². The molecular formula is C21H28N2O2. The molecule has 0 radical (unpaired) electrons. The molecule has 25 heavy (non-hydrogen) atoms. The fourth-order valence-corrected chi connectivity index (χ4v) is 3.00. The van der Waals surface area contributed by atoms with Gasteiger partial charge >= 0.3 is 0 Å². The van der Waals surface area contributed by atoms with Crippen molar-refractivity contribution in [2.75, 3.05) is 39.4 Å². The normalized spacial score (nSPS) is 15.2. The van der Waals surface area contributed by atoms with Gasteiger partial charge in [-0.25, -0.2) is 0 Å². The van der Waals surface area contributed by atoms with E-state index < -0.39 is 0 Å². The lowest BCUT2D eigenvalue weighted by atomic mass is 10.1. The molecule has 1 heterocycles. The van der Waals surface area contributed by atoms with E-state index in [4.69, 9.17) is 9.47 Å². The Balaban J connectivity index is 1.47. The van der Waals surface area contributed by atoms with Crippen molar-refractivity contribution >= 4 is 0 Å². The third kappa shape index (κ3) is 5.56. The van der Waals surface area contributed by atoms with Crippen LogP contribution in [0.15, 0.2) is 48.5 Å². The number of benzene rings is 2. The van der Waals surface area contributed by atoms with Gasteiger partial charge < -0.3 is 14.8 Å². The molecule has 4 heteroatoms. The molecule has 0 atom stereocenters. The first kappa shape index (κ1) is 17.9. The summed E-state index contributed by atoms with van der Waals surface area (Å²) in [5.74, 6) is 0.963. The van der Waals surface area contributed by atoms with E-state index in [1.807, 2.05) is 6.07 Å².